The third kappa shape index (κ3) is 5.53. The molecule has 5 heteroatoms. The van der Waals surface area contributed by atoms with E-state index in [4.69, 9.17) is 4.74 Å². The van der Waals surface area contributed by atoms with Gasteiger partial charge in [-0.3, -0.25) is 9.88 Å². The van der Waals surface area contributed by atoms with E-state index in [-0.39, 0.29) is 5.75 Å². The molecule has 0 aliphatic carbocycles. The molecule has 0 bridgehead atoms. The van der Waals surface area contributed by atoms with Gasteiger partial charge in [-0.05, 0) is 49.9 Å². The van der Waals surface area contributed by atoms with Gasteiger partial charge in [-0.1, -0.05) is 6.92 Å². The number of aryl methyl sites for hydroxylation is 2. The number of aromatic nitrogens is 1. The van der Waals surface area contributed by atoms with Gasteiger partial charge in [0.1, 0.15) is 5.75 Å². The topological polar surface area (TPSA) is 45.6 Å². The first-order valence-corrected chi connectivity index (χ1v) is 10.1. The van der Waals surface area contributed by atoms with Crippen molar-refractivity contribution in [3.8, 4) is 5.75 Å². The molecule has 1 aliphatic heterocycles. The summed E-state index contributed by atoms with van der Waals surface area (Å²) in [6, 6.07) is 5.78. The number of ether oxygens (including phenoxy) is 1. The summed E-state index contributed by atoms with van der Waals surface area (Å²) in [6.45, 7) is 6.71. The molecule has 0 saturated carbocycles. The van der Waals surface area contributed by atoms with Crippen molar-refractivity contribution in [3.63, 3.8) is 0 Å². The molecule has 0 radical (unpaired) electrons. The maximum absolute atomic E-state index is 9.65. The maximum atomic E-state index is 9.65. The molecule has 25 heavy (non-hydrogen) atoms. The van der Waals surface area contributed by atoms with Crippen molar-refractivity contribution >= 4 is 11.3 Å². The first kappa shape index (κ1) is 18.4. The zero-order valence-corrected chi connectivity index (χ0v) is 15.9. The van der Waals surface area contributed by atoms with E-state index in [0.717, 1.165) is 70.6 Å². The van der Waals surface area contributed by atoms with E-state index in [0.29, 0.717) is 0 Å². The van der Waals surface area contributed by atoms with Gasteiger partial charge in [0.2, 0.25) is 0 Å². The number of nitrogens with zero attached hydrogens (tertiary/aromatic N) is 2. The predicted molar refractivity (Wildman–Crippen MR) is 102 cm³/mol. The molecular weight excluding hydrogens is 332 g/mol. The van der Waals surface area contributed by atoms with Crippen molar-refractivity contribution < 1.29 is 9.84 Å². The lowest BCUT2D eigenvalue weighted by Gasteiger charge is -2.22. The molecule has 3 rings (SSSR count). The zero-order chi connectivity index (χ0) is 17.5. The number of rotatable bonds is 3. The molecule has 0 aromatic carbocycles. The minimum atomic E-state index is 0.290. The van der Waals surface area contributed by atoms with Crippen molar-refractivity contribution in [1.82, 2.24) is 9.88 Å². The molecule has 0 saturated heterocycles. The zero-order valence-electron chi connectivity index (χ0n) is 15.0. The third-order valence-electron chi connectivity index (χ3n) is 4.64. The van der Waals surface area contributed by atoms with Crippen LogP contribution in [0.5, 0.6) is 5.75 Å². The fraction of sp³-hybridized carbons (Fsp3) is 0.550. The fourth-order valence-corrected chi connectivity index (χ4v) is 4.47. The van der Waals surface area contributed by atoms with Crippen LogP contribution in [0.2, 0.25) is 0 Å². The first-order chi connectivity index (χ1) is 12.2. The lowest BCUT2D eigenvalue weighted by atomic mass is 10.1. The Kier molecular flexibility index (Phi) is 6.84. The van der Waals surface area contributed by atoms with Gasteiger partial charge in [0.25, 0.3) is 0 Å². The van der Waals surface area contributed by atoms with Crippen LogP contribution in [0.15, 0.2) is 24.4 Å². The molecule has 3 heterocycles. The van der Waals surface area contributed by atoms with Crippen molar-refractivity contribution in [2.24, 2.45) is 0 Å². The molecule has 0 atom stereocenters. The van der Waals surface area contributed by atoms with E-state index in [1.54, 1.807) is 18.3 Å². The summed E-state index contributed by atoms with van der Waals surface area (Å²) in [4.78, 5) is 9.81. The Morgan fingerprint density at radius 2 is 2.08 bits per heavy atom. The molecule has 2 aromatic heterocycles. The van der Waals surface area contributed by atoms with Crippen LogP contribution in [0, 0.1) is 0 Å². The third-order valence-corrected chi connectivity index (χ3v) is 6.02. The summed E-state index contributed by atoms with van der Waals surface area (Å²) in [5, 5.41) is 9.65. The number of hydrogen-bond donors (Lipinski definition) is 1. The van der Waals surface area contributed by atoms with Crippen LogP contribution in [0.25, 0.3) is 0 Å². The summed E-state index contributed by atoms with van der Waals surface area (Å²) in [5.41, 5.74) is 2.44. The number of pyridine rings is 1. The highest BCUT2D eigenvalue weighted by atomic mass is 32.1. The van der Waals surface area contributed by atoms with Gasteiger partial charge in [-0.15, -0.1) is 11.3 Å². The van der Waals surface area contributed by atoms with E-state index in [1.165, 1.54) is 15.3 Å². The van der Waals surface area contributed by atoms with E-state index in [9.17, 15) is 5.11 Å². The molecule has 0 spiro atoms. The second-order valence-electron chi connectivity index (χ2n) is 6.62. The van der Waals surface area contributed by atoms with E-state index in [1.807, 2.05) is 11.3 Å². The molecule has 1 aliphatic rings. The SMILES string of the molecule is CCc1cc2c(s1)CCOCCCN(Cc1cc(O)ccn1)CCC2. The Balaban J connectivity index is 1.65. The number of fused-ring (bicyclic) bond motifs is 1. The fourth-order valence-electron chi connectivity index (χ4n) is 3.33. The Morgan fingerprint density at radius 1 is 1.20 bits per heavy atom. The average Bonchev–Trinajstić information content (AvgIpc) is 2.98. The van der Waals surface area contributed by atoms with Crippen molar-refractivity contribution in [3.05, 3.63) is 45.4 Å². The van der Waals surface area contributed by atoms with Gasteiger partial charge in [-0.25, -0.2) is 0 Å². The average molecular weight is 361 g/mol. The Bertz CT molecular complexity index is 671. The maximum Gasteiger partial charge on any atom is 0.118 e. The van der Waals surface area contributed by atoms with E-state index < -0.39 is 0 Å². The minimum Gasteiger partial charge on any atom is -0.508 e. The molecular formula is C20H28N2O2S. The number of thiophene rings is 1. The number of hydrogen-bond acceptors (Lipinski definition) is 5. The van der Waals surface area contributed by atoms with Crippen molar-refractivity contribution in [2.45, 2.75) is 45.6 Å². The molecule has 4 nitrogen and oxygen atoms in total. The van der Waals surface area contributed by atoms with Gasteiger partial charge >= 0.3 is 0 Å². The molecule has 1 N–H and O–H groups in total. The predicted octanol–water partition coefficient (Wildman–Crippen LogP) is 3.81. The summed E-state index contributed by atoms with van der Waals surface area (Å²) >= 11 is 1.96. The monoisotopic (exact) mass is 360 g/mol. The lowest BCUT2D eigenvalue weighted by Crippen LogP contribution is -2.27. The van der Waals surface area contributed by atoms with Gasteiger partial charge < -0.3 is 9.84 Å². The second kappa shape index (κ2) is 9.32. The van der Waals surface area contributed by atoms with Crippen LogP contribution in [-0.2, 0) is 30.5 Å². The Hall–Kier alpha value is -1.43. The highest BCUT2D eigenvalue weighted by molar-refractivity contribution is 7.12. The second-order valence-corrected chi connectivity index (χ2v) is 7.84. The molecule has 0 amide bonds. The van der Waals surface area contributed by atoms with Crippen LogP contribution in [-0.4, -0.2) is 41.3 Å². The lowest BCUT2D eigenvalue weighted by molar-refractivity contribution is 0.121. The van der Waals surface area contributed by atoms with Crippen LogP contribution < -0.4 is 0 Å². The van der Waals surface area contributed by atoms with Crippen molar-refractivity contribution in [1.29, 1.82) is 0 Å². The van der Waals surface area contributed by atoms with E-state index >= 15 is 0 Å². The largest absolute Gasteiger partial charge is 0.508 e. The van der Waals surface area contributed by atoms with Crippen molar-refractivity contribution in [2.75, 3.05) is 26.3 Å². The Morgan fingerprint density at radius 3 is 2.92 bits per heavy atom. The number of aromatic hydroxyl groups is 1. The van der Waals surface area contributed by atoms with Crippen LogP contribution in [0.4, 0.5) is 0 Å². The van der Waals surface area contributed by atoms with Gasteiger partial charge in [0.15, 0.2) is 0 Å². The standard InChI is InChI=1S/C20H28N2O2S/c1-2-19-13-16-5-3-9-22(15-17-14-18(23)6-8-21-17)10-4-11-24-12-7-20(16)25-19/h6,8,13-14H,2-5,7,9-12,15H2,1H3,(H,21,23). The normalized spacial score (nSPS) is 17.5. The molecule has 2 aromatic rings. The van der Waals surface area contributed by atoms with Gasteiger partial charge in [-0.2, -0.15) is 0 Å². The molecule has 136 valence electrons. The molecule has 0 fully saturated rings. The van der Waals surface area contributed by atoms with Crippen LogP contribution in [0.1, 0.15) is 40.8 Å². The highest BCUT2D eigenvalue weighted by Crippen LogP contribution is 2.25. The summed E-state index contributed by atoms with van der Waals surface area (Å²) < 4.78 is 5.85. The van der Waals surface area contributed by atoms with E-state index in [2.05, 4.69) is 22.9 Å². The van der Waals surface area contributed by atoms with Gasteiger partial charge in [0, 0.05) is 48.1 Å². The quantitative estimate of drug-likeness (QED) is 0.904. The van der Waals surface area contributed by atoms with Gasteiger partial charge in [0.05, 0.1) is 12.3 Å². The summed E-state index contributed by atoms with van der Waals surface area (Å²) in [5.74, 6) is 0.290. The van der Waals surface area contributed by atoms with Crippen LogP contribution in [0.3, 0.4) is 0 Å². The van der Waals surface area contributed by atoms with Crippen LogP contribution >= 0.6 is 11.3 Å². The minimum absolute atomic E-state index is 0.290. The summed E-state index contributed by atoms with van der Waals surface area (Å²) in [6.07, 6.45) is 7.18. The Labute approximate surface area is 154 Å². The summed E-state index contributed by atoms with van der Waals surface area (Å²) in [7, 11) is 0. The first-order valence-electron chi connectivity index (χ1n) is 9.29. The highest BCUT2D eigenvalue weighted by Gasteiger charge is 2.12. The smallest absolute Gasteiger partial charge is 0.118 e. The molecule has 0 unspecified atom stereocenters.